The maximum atomic E-state index is 14.1. The van der Waals surface area contributed by atoms with Gasteiger partial charge < -0.3 is 0 Å². The van der Waals surface area contributed by atoms with Gasteiger partial charge in [-0.1, -0.05) is 78.3 Å². The van der Waals surface area contributed by atoms with E-state index >= 15 is 0 Å². The fraction of sp³-hybridized carbons (Fsp3) is 0.0968. The molecule has 6 heteroatoms. The number of nitrogens with zero attached hydrogens (tertiary/aromatic N) is 2. The number of fused-ring (bicyclic) bond motifs is 3. The lowest BCUT2D eigenvalue weighted by Crippen LogP contribution is -2.37. The van der Waals surface area contributed by atoms with Gasteiger partial charge in [0.25, 0.3) is 5.91 Å². The normalized spacial score (nSPS) is 21.3. The Balaban J connectivity index is 1.47. The third-order valence-corrected chi connectivity index (χ3v) is 7.57. The highest BCUT2D eigenvalue weighted by atomic mass is 35.5. The van der Waals surface area contributed by atoms with Gasteiger partial charge in [-0.2, -0.15) is 0 Å². The molecule has 0 bridgehead atoms. The van der Waals surface area contributed by atoms with E-state index in [1.165, 1.54) is 4.90 Å². The highest BCUT2D eigenvalue weighted by Gasteiger charge is 2.60. The van der Waals surface area contributed by atoms with Crippen LogP contribution in [0.15, 0.2) is 109 Å². The molecule has 2 fully saturated rings. The number of amides is 2. The summed E-state index contributed by atoms with van der Waals surface area (Å²) in [6, 6.07) is 34.4. The van der Waals surface area contributed by atoms with E-state index in [0.29, 0.717) is 10.7 Å². The molecular weight excluding hydrogens is 484 g/mol. The smallest absolute Gasteiger partial charge is 0.266 e. The zero-order valence-corrected chi connectivity index (χ0v) is 20.4. The quantitative estimate of drug-likeness (QED) is 0.203. The first kappa shape index (κ1) is 22.0. The Bertz CT molecular complexity index is 1630. The van der Waals surface area contributed by atoms with E-state index in [-0.39, 0.29) is 11.8 Å². The predicted molar refractivity (Wildman–Crippen MR) is 145 cm³/mol. The first-order valence-corrected chi connectivity index (χ1v) is 12.5. The summed E-state index contributed by atoms with van der Waals surface area (Å²) < 4.78 is 0. The molecule has 2 amide bonds. The van der Waals surface area contributed by atoms with E-state index in [1.54, 1.807) is 29.3 Å². The Morgan fingerprint density at radius 3 is 1.89 bits per heavy atom. The Kier molecular flexibility index (Phi) is 5.03. The number of carbonyl (C=O) groups excluding carboxylic acids is 2. The van der Waals surface area contributed by atoms with Gasteiger partial charge in [0.1, 0.15) is 5.92 Å². The van der Waals surface area contributed by atoms with Gasteiger partial charge in [-0.3, -0.25) is 14.4 Å². The molecule has 2 aliphatic rings. The average Bonchev–Trinajstić information content (AvgIpc) is 3.44. The fourth-order valence-corrected chi connectivity index (χ4v) is 5.84. The number of halogens is 1. The fourth-order valence-electron chi connectivity index (χ4n) is 5.72. The van der Waals surface area contributed by atoms with Crippen LogP contribution in [0.2, 0.25) is 5.02 Å². The molecule has 7 rings (SSSR count). The van der Waals surface area contributed by atoms with Crippen LogP contribution in [0.3, 0.4) is 0 Å². The molecule has 180 valence electrons. The standard InChI is InChI=1S/C31H21ClN2O3/c32-21-14-16-22(17-15-21)33-30(35)27-28(34(37-29(27)31(33)36)23-10-2-1-3-11-23)26-24-12-6-4-8-19(24)18-20-9-5-7-13-25(20)26/h1-18,27-29H/t27-,28-,29+/m0/s1. The van der Waals surface area contributed by atoms with Crippen molar-refractivity contribution >= 4 is 56.3 Å². The van der Waals surface area contributed by atoms with Crippen molar-refractivity contribution in [3.63, 3.8) is 0 Å². The van der Waals surface area contributed by atoms with Gasteiger partial charge in [0, 0.05) is 5.02 Å². The number of imide groups is 1. The average molecular weight is 505 g/mol. The van der Waals surface area contributed by atoms with E-state index < -0.39 is 18.1 Å². The maximum absolute atomic E-state index is 14.1. The summed E-state index contributed by atoms with van der Waals surface area (Å²) in [4.78, 5) is 35.4. The number of hydrogen-bond donors (Lipinski definition) is 0. The molecule has 2 heterocycles. The summed E-state index contributed by atoms with van der Waals surface area (Å²) in [5.41, 5.74) is 2.26. The van der Waals surface area contributed by atoms with Crippen molar-refractivity contribution < 1.29 is 14.4 Å². The molecule has 0 aromatic heterocycles. The van der Waals surface area contributed by atoms with Crippen LogP contribution in [0, 0.1) is 5.92 Å². The van der Waals surface area contributed by atoms with Crippen molar-refractivity contribution in [1.29, 1.82) is 0 Å². The van der Waals surface area contributed by atoms with Gasteiger partial charge in [0.15, 0.2) is 6.10 Å². The molecule has 37 heavy (non-hydrogen) atoms. The molecule has 2 aliphatic heterocycles. The van der Waals surface area contributed by atoms with Gasteiger partial charge in [-0.05, 0) is 69.6 Å². The van der Waals surface area contributed by atoms with Crippen LogP contribution in [0.4, 0.5) is 11.4 Å². The Morgan fingerprint density at radius 2 is 1.24 bits per heavy atom. The van der Waals surface area contributed by atoms with Crippen molar-refractivity contribution in [2.45, 2.75) is 12.1 Å². The van der Waals surface area contributed by atoms with Gasteiger partial charge in [-0.25, -0.2) is 9.96 Å². The molecule has 0 spiro atoms. The highest BCUT2D eigenvalue weighted by Crippen LogP contribution is 2.50. The van der Waals surface area contributed by atoms with Gasteiger partial charge >= 0.3 is 0 Å². The van der Waals surface area contributed by atoms with Crippen LogP contribution < -0.4 is 9.96 Å². The molecular formula is C31H21ClN2O3. The minimum Gasteiger partial charge on any atom is -0.273 e. The minimum absolute atomic E-state index is 0.280. The summed E-state index contributed by atoms with van der Waals surface area (Å²) in [6.07, 6.45) is -0.939. The summed E-state index contributed by atoms with van der Waals surface area (Å²) in [5.74, 6) is -1.37. The topological polar surface area (TPSA) is 49.9 Å². The maximum Gasteiger partial charge on any atom is 0.266 e. The van der Waals surface area contributed by atoms with Crippen molar-refractivity contribution in [2.75, 3.05) is 9.96 Å². The Labute approximate surface area is 218 Å². The van der Waals surface area contributed by atoms with Crippen molar-refractivity contribution in [2.24, 2.45) is 5.92 Å². The number of hydroxylamine groups is 1. The van der Waals surface area contributed by atoms with Gasteiger partial charge in [0.2, 0.25) is 5.91 Å². The number of benzene rings is 5. The van der Waals surface area contributed by atoms with Crippen molar-refractivity contribution in [3.8, 4) is 0 Å². The third-order valence-electron chi connectivity index (χ3n) is 7.32. The highest BCUT2D eigenvalue weighted by molar-refractivity contribution is 6.31. The summed E-state index contributed by atoms with van der Waals surface area (Å²) in [7, 11) is 0. The van der Waals surface area contributed by atoms with E-state index in [4.69, 9.17) is 16.4 Å². The second-order valence-corrected chi connectivity index (χ2v) is 9.82. The molecule has 5 nitrogen and oxygen atoms in total. The van der Waals surface area contributed by atoms with E-state index in [9.17, 15) is 9.59 Å². The van der Waals surface area contributed by atoms with Crippen molar-refractivity contribution in [3.05, 3.63) is 120 Å². The molecule has 0 unspecified atom stereocenters. The molecule has 5 aromatic carbocycles. The lowest BCUT2D eigenvalue weighted by atomic mass is 9.84. The molecule has 0 N–H and O–H groups in total. The van der Waals surface area contributed by atoms with Crippen LogP contribution in [-0.4, -0.2) is 17.9 Å². The molecule has 5 aromatic rings. The van der Waals surface area contributed by atoms with Crippen LogP contribution in [0.25, 0.3) is 21.5 Å². The Morgan fingerprint density at radius 1 is 0.649 bits per heavy atom. The zero-order chi connectivity index (χ0) is 25.1. The number of carbonyl (C=O) groups is 2. The second-order valence-electron chi connectivity index (χ2n) is 9.38. The lowest BCUT2D eigenvalue weighted by molar-refractivity contribution is -0.126. The molecule has 0 saturated carbocycles. The van der Waals surface area contributed by atoms with Crippen LogP contribution in [0.1, 0.15) is 11.6 Å². The molecule has 2 saturated heterocycles. The van der Waals surface area contributed by atoms with Crippen LogP contribution in [-0.2, 0) is 14.4 Å². The third kappa shape index (κ3) is 3.35. The Hall–Kier alpha value is -4.19. The first-order chi connectivity index (χ1) is 18.1. The largest absolute Gasteiger partial charge is 0.273 e. The first-order valence-electron chi connectivity index (χ1n) is 12.2. The number of rotatable bonds is 3. The summed E-state index contributed by atoms with van der Waals surface area (Å²) in [5, 5.41) is 6.49. The monoisotopic (exact) mass is 504 g/mol. The van der Waals surface area contributed by atoms with Gasteiger partial charge in [-0.15, -0.1) is 0 Å². The molecule has 0 aliphatic carbocycles. The van der Waals surface area contributed by atoms with E-state index in [2.05, 4.69) is 30.3 Å². The number of anilines is 2. The predicted octanol–water partition coefficient (Wildman–Crippen LogP) is 6.70. The molecule has 3 atom stereocenters. The zero-order valence-electron chi connectivity index (χ0n) is 19.6. The minimum atomic E-state index is -0.939. The summed E-state index contributed by atoms with van der Waals surface area (Å²) in [6.45, 7) is 0. The van der Waals surface area contributed by atoms with Gasteiger partial charge in [0.05, 0.1) is 17.4 Å². The van der Waals surface area contributed by atoms with E-state index in [0.717, 1.165) is 32.8 Å². The number of para-hydroxylation sites is 1. The second kappa shape index (κ2) is 8.44. The van der Waals surface area contributed by atoms with Crippen LogP contribution >= 0.6 is 11.6 Å². The number of hydrogen-bond acceptors (Lipinski definition) is 4. The van der Waals surface area contributed by atoms with E-state index in [1.807, 2.05) is 54.6 Å². The van der Waals surface area contributed by atoms with Crippen LogP contribution in [0.5, 0.6) is 0 Å². The lowest BCUT2D eigenvalue weighted by Gasteiger charge is -2.30. The van der Waals surface area contributed by atoms with Crippen molar-refractivity contribution in [1.82, 2.24) is 0 Å². The summed E-state index contributed by atoms with van der Waals surface area (Å²) >= 11 is 6.07. The molecule has 0 radical (unpaired) electrons. The SMILES string of the molecule is O=C1[C@@H]2[C@@H](ON(c3ccccc3)[C@H]2c2c3ccccc3cc3ccccc23)C(=O)N1c1ccc(Cl)cc1.